The summed E-state index contributed by atoms with van der Waals surface area (Å²) in [7, 11) is 0. The van der Waals surface area contributed by atoms with E-state index >= 15 is 0 Å². The molecule has 0 bridgehead atoms. The highest BCUT2D eigenvalue weighted by Crippen LogP contribution is 2.25. The Labute approximate surface area is 189 Å². The van der Waals surface area contributed by atoms with Gasteiger partial charge < -0.3 is 14.6 Å². The molecule has 10 heteroatoms. The van der Waals surface area contributed by atoms with Gasteiger partial charge in [-0.2, -0.15) is 8.78 Å². The van der Waals surface area contributed by atoms with Crippen LogP contribution in [0.4, 0.5) is 14.5 Å². The molecule has 1 fully saturated rings. The predicted molar refractivity (Wildman–Crippen MR) is 119 cm³/mol. The third-order valence-electron chi connectivity index (χ3n) is 5.59. The van der Waals surface area contributed by atoms with Crippen LogP contribution in [0.25, 0.3) is 22.7 Å². The lowest BCUT2D eigenvalue weighted by Gasteiger charge is -2.33. The number of piperazine rings is 1. The van der Waals surface area contributed by atoms with Gasteiger partial charge in [-0.15, -0.1) is 15.3 Å². The highest BCUT2D eigenvalue weighted by Gasteiger charge is 2.18. The Morgan fingerprint density at radius 3 is 2.70 bits per heavy atom. The molecule has 1 saturated heterocycles. The summed E-state index contributed by atoms with van der Waals surface area (Å²) in [6.07, 6.45) is -0.867. The van der Waals surface area contributed by atoms with Gasteiger partial charge in [0.1, 0.15) is 5.69 Å². The number of benzene rings is 2. The van der Waals surface area contributed by atoms with Crippen molar-refractivity contribution in [2.75, 3.05) is 24.5 Å². The predicted octanol–water partition coefficient (Wildman–Crippen LogP) is 3.78. The summed E-state index contributed by atoms with van der Waals surface area (Å²) in [6.45, 7) is 5.63. The molecule has 1 N–H and O–H groups in total. The number of rotatable bonds is 6. The second-order valence-corrected chi connectivity index (χ2v) is 8.10. The lowest BCUT2D eigenvalue weighted by Crippen LogP contribution is -2.49. The van der Waals surface area contributed by atoms with Crippen molar-refractivity contribution >= 4 is 5.69 Å². The van der Waals surface area contributed by atoms with Crippen molar-refractivity contribution in [1.29, 1.82) is 0 Å². The fourth-order valence-corrected chi connectivity index (χ4v) is 3.92. The fraction of sp³-hybridized carbons (Fsp3) is 0.304. The van der Waals surface area contributed by atoms with Crippen LogP contribution in [0.2, 0.25) is 0 Å². The molecule has 0 unspecified atom stereocenters. The highest BCUT2D eigenvalue weighted by atomic mass is 19.3. The maximum Gasteiger partial charge on any atom is 0.314 e. The molecule has 1 atom stereocenters. The first-order valence-electron chi connectivity index (χ1n) is 10.7. The Kier molecular flexibility index (Phi) is 5.82. The van der Waals surface area contributed by atoms with Crippen LogP contribution in [0.1, 0.15) is 24.8 Å². The summed E-state index contributed by atoms with van der Waals surface area (Å²) in [5.41, 5.74) is 4.57. The van der Waals surface area contributed by atoms with Gasteiger partial charge in [-0.1, -0.05) is 29.5 Å². The molecule has 8 nitrogen and oxygen atoms in total. The minimum absolute atomic E-state index is 0.0682. The normalized spacial score (nSPS) is 16.5. The van der Waals surface area contributed by atoms with Crippen molar-refractivity contribution in [3.05, 3.63) is 66.2 Å². The topological polar surface area (TPSA) is 84.9 Å². The summed E-state index contributed by atoms with van der Waals surface area (Å²) in [6, 6.07) is 16.1. The Balaban J connectivity index is 1.28. The summed E-state index contributed by atoms with van der Waals surface area (Å²) < 4.78 is 32.0. The number of alkyl halides is 2. The number of halogens is 2. The van der Waals surface area contributed by atoms with Crippen molar-refractivity contribution in [3.63, 3.8) is 0 Å². The summed E-state index contributed by atoms with van der Waals surface area (Å²) in [5.74, 6) is -0.613. The van der Waals surface area contributed by atoms with Gasteiger partial charge in [0.25, 0.3) is 5.89 Å². The second-order valence-electron chi connectivity index (χ2n) is 8.10. The van der Waals surface area contributed by atoms with E-state index in [-0.39, 0.29) is 5.89 Å². The minimum atomic E-state index is -2.78. The first-order chi connectivity index (χ1) is 16.0. The van der Waals surface area contributed by atoms with Crippen LogP contribution in [-0.4, -0.2) is 50.9 Å². The molecule has 33 heavy (non-hydrogen) atoms. The maximum atomic E-state index is 12.6. The monoisotopic (exact) mass is 451 g/mol. The van der Waals surface area contributed by atoms with E-state index in [0.29, 0.717) is 18.2 Å². The quantitative estimate of drug-likeness (QED) is 0.478. The van der Waals surface area contributed by atoms with E-state index in [4.69, 9.17) is 4.42 Å². The maximum absolute atomic E-state index is 12.6. The standard InChI is InChI=1S/C23H23F2N7O/c1-15-12-31(10-9-26-15)19-4-2-3-18(11-19)20-14-32(30-27-20)13-16-5-7-17(8-6-16)22-28-29-23(33-22)21(24)25/h2-8,11,14-15,21,26H,9-10,12-13H2,1H3/t15-/m1/s1. The number of nitrogens with one attached hydrogen (secondary N) is 1. The van der Waals surface area contributed by atoms with E-state index in [2.05, 4.69) is 49.8 Å². The van der Waals surface area contributed by atoms with E-state index in [1.165, 1.54) is 5.69 Å². The minimum Gasteiger partial charge on any atom is -0.415 e. The Bertz CT molecular complexity index is 1220. The molecule has 1 aliphatic heterocycles. The van der Waals surface area contributed by atoms with E-state index in [9.17, 15) is 8.78 Å². The van der Waals surface area contributed by atoms with Gasteiger partial charge >= 0.3 is 6.43 Å². The molecule has 4 aromatic rings. The van der Waals surface area contributed by atoms with Gasteiger partial charge in [0.05, 0.1) is 12.7 Å². The zero-order valence-corrected chi connectivity index (χ0v) is 18.0. The zero-order valence-electron chi connectivity index (χ0n) is 18.0. The van der Waals surface area contributed by atoms with Crippen molar-refractivity contribution in [2.24, 2.45) is 0 Å². The first kappa shape index (κ1) is 21.2. The van der Waals surface area contributed by atoms with Crippen LogP contribution in [0.5, 0.6) is 0 Å². The van der Waals surface area contributed by atoms with Crippen LogP contribution < -0.4 is 10.2 Å². The Morgan fingerprint density at radius 1 is 1.09 bits per heavy atom. The summed E-state index contributed by atoms with van der Waals surface area (Å²) in [4.78, 5) is 2.38. The van der Waals surface area contributed by atoms with Crippen molar-refractivity contribution < 1.29 is 13.2 Å². The van der Waals surface area contributed by atoms with Gasteiger partial charge in [0, 0.05) is 42.5 Å². The van der Waals surface area contributed by atoms with Crippen LogP contribution in [0.15, 0.2) is 59.1 Å². The molecule has 0 radical (unpaired) electrons. The number of hydrogen-bond acceptors (Lipinski definition) is 7. The molecule has 0 amide bonds. The van der Waals surface area contributed by atoms with Gasteiger partial charge in [-0.05, 0) is 36.8 Å². The van der Waals surface area contributed by atoms with E-state index in [1.54, 1.807) is 16.8 Å². The lowest BCUT2D eigenvalue weighted by molar-refractivity contribution is 0.116. The third-order valence-corrected chi connectivity index (χ3v) is 5.59. The SMILES string of the molecule is C[C@@H]1CN(c2cccc(-c3cn(Cc4ccc(-c5nnc(C(F)F)o5)cc4)nn3)c2)CCN1. The molecule has 5 rings (SSSR count). The fourth-order valence-electron chi connectivity index (χ4n) is 3.92. The molecular formula is C23H23F2N7O. The average molecular weight is 451 g/mol. The van der Waals surface area contributed by atoms with Crippen molar-refractivity contribution in [3.8, 4) is 22.7 Å². The molecule has 0 spiro atoms. The molecule has 2 aromatic heterocycles. The van der Waals surface area contributed by atoms with Gasteiger partial charge in [0.2, 0.25) is 5.89 Å². The summed E-state index contributed by atoms with van der Waals surface area (Å²) in [5, 5.41) is 19.1. The molecule has 0 aliphatic carbocycles. The van der Waals surface area contributed by atoms with Gasteiger partial charge in [-0.3, -0.25) is 0 Å². The average Bonchev–Trinajstić information content (AvgIpc) is 3.50. The molecule has 170 valence electrons. The van der Waals surface area contributed by atoms with Crippen LogP contribution in [0, 0.1) is 0 Å². The molecular weight excluding hydrogens is 428 g/mol. The third kappa shape index (κ3) is 4.75. The number of anilines is 1. The number of nitrogens with zero attached hydrogens (tertiary/aromatic N) is 6. The first-order valence-corrected chi connectivity index (χ1v) is 10.7. The molecule has 2 aromatic carbocycles. The number of hydrogen-bond donors (Lipinski definition) is 1. The highest BCUT2D eigenvalue weighted by molar-refractivity contribution is 5.65. The Morgan fingerprint density at radius 2 is 1.94 bits per heavy atom. The summed E-state index contributed by atoms with van der Waals surface area (Å²) >= 11 is 0. The molecule has 1 aliphatic rings. The van der Waals surface area contributed by atoms with Crippen LogP contribution >= 0.6 is 0 Å². The zero-order chi connectivity index (χ0) is 22.8. The van der Waals surface area contributed by atoms with Gasteiger partial charge in [0.15, 0.2) is 0 Å². The van der Waals surface area contributed by atoms with E-state index in [1.807, 2.05) is 30.5 Å². The van der Waals surface area contributed by atoms with E-state index < -0.39 is 12.3 Å². The molecule has 3 heterocycles. The van der Waals surface area contributed by atoms with Crippen molar-refractivity contribution in [2.45, 2.75) is 25.9 Å². The van der Waals surface area contributed by atoms with Crippen molar-refractivity contribution in [1.82, 2.24) is 30.5 Å². The molecule has 0 saturated carbocycles. The second kappa shape index (κ2) is 9.07. The van der Waals surface area contributed by atoms with Gasteiger partial charge in [-0.25, -0.2) is 4.68 Å². The smallest absolute Gasteiger partial charge is 0.314 e. The van der Waals surface area contributed by atoms with Crippen LogP contribution in [0.3, 0.4) is 0 Å². The van der Waals surface area contributed by atoms with Crippen LogP contribution in [-0.2, 0) is 6.54 Å². The van der Waals surface area contributed by atoms with E-state index in [0.717, 1.165) is 36.5 Å². The number of aromatic nitrogens is 5. The largest absolute Gasteiger partial charge is 0.415 e. The lowest BCUT2D eigenvalue weighted by atomic mass is 10.1. The Hall–Kier alpha value is -3.66.